The van der Waals surface area contributed by atoms with Gasteiger partial charge < -0.3 is 24.3 Å². The van der Waals surface area contributed by atoms with Crippen LogP contribution < -0.4 is 24.3 Å². The lowest BCUT2D eigenvalue weighted by Crippen LogP contribution is -2.13. The van der Waals surface area contributed by atoms with Crippen LogP contribution in [0.4, 0.5) is 5.69 Å². The maximum absolute atomic E-state index is 12.8. The van der Waals surface area contributed by atoms with Gasteiger partial charge in [-0.3, -0.25) is 9.89 Å². The van der Waals surface area contributed by atoms with Gasteiger partial charge in [-0.1, -0.05) is 0 Å². The molecule has 3 aromatic rings. The summed E-state index contributed by atoms with van der Waals surface area (Å²) in [6.07, 6.45) is 0. The Balaban J connectivity index is 1.67. The second kappa shape index (κ2) is 7.15. The molecule has 0 atom stereocenters. The number of fused-ring (bicyclic) bond motifs is 1. The Morgan fingerprint density at radius 3 is 2.71 bits per heavy atom. The molecule has 1 aliphatic heterocycles. The summed E-state index contributed by atoms with van der Waals surface area (Å²) in [7, 11) is 3.16. The highest BCUT2D eigenvalue weighted by atomic mass is 16.7. The second-order valence-electron chi connectivity index (χ2n) is 6.16. The van der Waals surface area contributed by atoms with Gasteiger partial charge in [0.05, 0.1) is 25.6 Å². The summed E-state index contributed by atoms with van der Waals surface area (Å²) >= 11 is 0. The largest absolute Gasteiger partial charge is 0.497 e. The van der Waals surface area contributed by atoms with Gasteiger partial charge >= 0.3 is 0 Å². The Bertz CT molecular complexity index is 1040. The third kappa shape index (κ3) is 3.09. The highest BCUT2D eigenvalue weighted by Gasteiger charge is 2.21. The molecule has 144 valence electrons. The fourth-order valence-corrected chi connectivity index (χ4v) is 2.99. The number of hydrogen-bond donors (Lipinski definition) is 2. The number of nitrogens with zero attached hydrogens (tertiary/aromatic N) is 1. The maximum atomic E-state index is 12.8. The van der Waals surface area contributed by atoms with Crippen molar-refractivity contribution in [1.82, 2.24) is 10.2 Å². The van der Waals surface area contributed by atoms with Gasteiger partial charge in [-0.15, -0.1) is 0 Å². The summed E-state index contributed by atoms with van der Waals surface area (Å²) in [6, 6.07) is 10.5. The van der Waals surface area contributed by atoms with Crippen molar-refractivity contribution in [2.75, 3.05) is 26.3 Å². The van der Waals surface area contributed by atoms with E-state index in [9.17, 15) is 4.79 Å². The number of benzene rings is 2. The number of carbonyl (C=O) groups is 1. The lowest BCUT2D eigenvalue weighted by atomic mass is 10.1. The molecular weight excluding hydrogens is 362 g/mol. The molecule has 8 heteroatoms. The van der Waals surface area contributed by atoms with Crippen LogP contribution in [0.15, 0.2) is 36.4 Å². The van der Waals surface area contributed by atoms with Crippen molar-refractivity contribution in [3.63, 3.8) is 0 Å². The third-order valence-electron chi connectivity index (χ3n) is 4.48. The Kier molecular flexibility index (Phi) is 4.52. The van der Waals surface area contributed by atoms with Crippen molar-refractivity contribution in [1.29, 1.82) is 0 Å². The van der Waals surface area contributed by atoms with E-state index in [2.05, 4.69) is 15.5 Å². The zero-order chi connectivity index (χ0) is 19.7. The van der Waals surface area contributed by atoms with Crippen LogP contribution >= 0.6 is 0 Å². The third-order valence-corrected chi connectivity index (χ3v) is 4.48. The molecule has 1 aromatic heterocycles. The number of nitrogens with one attached hydrogen (secondary N) is 2. The van der Waals surface area contributed by atoms with E-state index in [1.54, 1.807) is 38.5 Å². The molecule has 0 fully saturated rings. The predicted octanol–water partition coefficient (Wildman–Crippen LogP) is 3.38. The van der Waals surface area contributed by atoms with Gasteiger partial charge in [-0.2, -0.15) is 5.10 Å². The van der Waals surface area contributed by atoms with Crippen molar-refractivity contribution in [3.8, 4) is 34.3 Å². The molecule has 0 saturated carbocycles. The first-order valence-electron chi connectivity index (χ1n) is 8.59. The molecule has 0 saturated heterocycles. The van der Waals surface area contributed by atoms with Crippen LogP contribution in [0.3, 0.4) is 0 Å². The number of ether oxygens (including phenoxy) is 4. The average Bonchev–Trinajstić information content (AvgIpc) is 3.33. The van der Waals surface area contributed by atoms with E-state index in [-0.39, 0.29) is 12.7 Å². The number of aromatic nitrogens is 2. The normalized spacial score (nSPS) is 12.0. The Morgan fingerprint density at radius 1 is 1.11 bits per heavy atom. The number of H-pyrrole nitrogens is 1. The van der Waals surface area contributed by atoms with E-state index in [0.717, 1.165) is 11.3 Å². The Labute approximate surface area is 161 Å². The highest BCUT2D eigenvalue weighted by molar-refractivity contribution is 6.07. The molecule has 28 heavy (non-hydrogen) atoms. The predicted molar refractivity (Wildman–Crippen MR) is 102 cm³/mol. The molecular formula is C20H19N3O5. The summed E-state index contributed by atoms with van der Waals surface area (Å²) in [5.41, 5.74) is 3.06. The van der Waals surface area contributed by atoms with Crippen molar-refractivity contribution in [3.05, 3.63) is 47.7 Å². The summed E-state index contributed by atoms with van der Waals surface area (Å²) in [5.74, 6) is 2.15. The van der Waals surface area contributed by atoms with E-state index in [1.807, 2.05) is 19.1 Å². The molecule has 0 spiro atoms. The van der Waals surface area contributed by atoms with Gasteiger partial charge in [-0.25, -0.2) is 0 Å². The van der Waals surface area contributed by atoms with Crippen LogP contribution in [0.5, 0.6) is 23.0 Å². The number of rotatable bonds is 5. The molecule has 0 aliphatic carbocycles. The van der Waals surface area contributed by atoms with Gasteiger partial charge in [0.2, 0.25) is 6.79 Å². The first kappa shape index (κ1) is 17.7. The first-order chi connectivity index (χ1) is 13.6. The number of anilines is 1. The average molecular weight is 381 g/mol. The van der Waals surface area contributed by atoms with Crippen molar-refractivity contribution >= 4 is 11.6 Å². The zero-order valence-corrected chi connectivity index (χ0v) is 15.7. The van der Waals surface area contributed by atoms with Gasteiger partial charge in [0.15, 0.2) is 11.5 Å². The molecule has 4 rings (SSSR count). The van der Waals surface area contributed by atoms with Crippen LogP contribution in [0, 0.1) is 6.92 Å². The standard InChI is InChI=1S/C20H19N3O5/c1-11-18(21-20(24)12-4-7-15-17(8-12)28-10-27-15)19(23-22-11)14-6-5-13(25-2)9-16(14)26-3/h4-9H,10H2,1-3H3,(H,21,24)(H,22,23). The topological polar surface area (TPSA) is 94.7 Å². The molecule has 2 N–H and O–H groups in total. The lowest BCUT2D eigenvalue weighted by molar-refractivity contribution is 0.102. The molecule has 8 nitrogen and oxygen atoms in total. The summed E-state index contributed by atoms with van der Waals surface area (Å²) in [6.45, 7) is 1.99. The Morgan fingerprint density at radius 2 is 1.93 bits per heavy atom. The fourth-order valence-electron chi connectivity index (χ4n) is 2.99. The molecule has 0 radical (unpaired) electrons. The second-order valence-corrected chi connectivity index (χ2v) is 6.16. The molecule has 2 heterocycles. The maximum Gasteiger partial charge on any atom is 0.255 e. The number of aromatic amines is 1. The van der Waals surface area contributed by atoms with E-state index < -0.39 is 0 Å². The summed E-state index contributed by atoms with van der Waals surface area (Å²) < 4.78 is 21.3. The molecule has 0 unspecified atom stereocenters. The van der Waals surface area contributed by atoms with Crippen LogP contribution in [-0.2, 0) is 0 Å². The van der Waals surface area contributed by atoms with Crippen molar-refractivity contribution in [2.24, 2.45) is 0 Å². The van der Waals surface area contributed by atoms with Crippen LogP contribution in [0.25, 0.3) is 11.3 Å². The van der Waals surface area contributed by atoms with Gasteiger partial charge in [-0.05, 0) is 37.3 Å². The van der Waals surface area contributed by atoms with Gasteiger partial charge in [0.1, 0.15) is 17.2 Å². The number of aryl methyl sites for hydroxylation is 1. The smallest absolute Gasteiger partial charge is 0.255 e. The van der Waals surface area contributed by atoms with Crippen LogP contribution in [0.2, 0.25) is 0 Å². The summed E-state index contributed by atoms with van der Waals surface area (Å²) in [4.78, 5) is 12.8. The minimum absolute atomic E-state index is 0.155. The number of methoxy groups -OCH3 is 2. The quantitative estimate of drug-likeness (QED) is 0.704. The SMILES string of the molecule is COc1ccc(-c2n[nH]c(C)c2NC(=O)c2ccc3c(c2)OCO3)c(OC)c1. The van der Waals surface area contributed by atoms with Crippen LogP contribution in [0.1, 0.15) is 16.1 Å². The van der Waals surface area contributed by atoms with E-state index >= 15 is 0 Å². The van der Waals surface area contributed by atoms with E-state index in [4.69, 9.17) is 18.9 Å². The minimum atomic E-state index is -0.281. The molecule has 1 amide bonds. The number of amides is 1. The lowest BCUT2D eigenvalue weighted by Gasteiger charge is -2.11. The van der Waals surface area contributed by atoms with Crippen molar-refractivity contribution < 1.29 is 23.7 Å². The van der Waals surface area contributed by atoms with Gasteiger partial charge in [0.25, 0.3) is 5.91 Å². The zero-order valence-electron chi connectivity index (χ0n) is 15.7. The molecule has 2 aromatic carbocycles. The van der Waals surface area contributed by atoms with E-state index in [0.29, 0.717) is 39.9 Å². The summed E-state index contributed by atoms with van der Waals surface area (Å²) in [5, 5.41) is 10.2. The first-order valence-corrected chi connectivity index (χ1v) is 8.59. The van der Waals surface area contributed by atoms with Crippen molar-refractivity contribution in [2.45, 2.75) is 6.92 Å². The monoisotopic (exact) mass is 381 g/mol. The number of carbonyl (C=O) groups excluding carboxylic acids is 1. The van der Waals surface area contributed by atoms with E-state index in [1.165, 1.54) is 0 Å². The highest BCUT2D eigenvalue weighted by Crippen LogP contribution is 2.38. The number of hydrogen-bond acceptors (Lipinski definition) is 6. The van der Waals surface area contributed by atoms with Crippen LogP contribution in [-0.4, -0.2) is 37.1 Å². The fraction of sp³-hybridized carbons (Fsp3) is 0.200. The molecule has 0 bridgehead atoms. The molecule has 1 aliphatic rings. The van der Waals surface area contributed by atoms with Gasteiger partial charge in [0, 0.05) is 17.2 Å². The minimum Gasteiger partial charge on any atom is -0.497 e. The Hall–Kier alpha value is -3.68.